The zero-order chi connectivity index (χ0) is 16.2. The third-order valence-corrected chi connectivity index (χ3v) is 3.63. The van der Waals surface area contributed by atoms with E-state index in [1.165, 1.54) is 31.4 Å². The molecule has 0 aliphatic carbocycles. The van der Waals surface area contributed by atoms with Gasteiger partial charge in [-0.15, -0.1) is 0 Å². The van der Waals surface area contributed by atoms with Crippen LogP contribution in [0.3, 0.4) is 0 Å². The highest BCUT2D eigenvalue weighted by Crippen LogP contribution is 2.06. The quantitative estimate of drug-likeness (QED) is 0.511. The van der Waals surface area contributed by atoms with Gasteiger partial charge in [-0.25, -0.2) is 4.39 Å². The van der Waals surface area contributed by atoms with Crippen LogP contribution in [-0.4, -0.2) is 17.7 Å². The van der Waals surface area contributed by atoms with Crippen molar-refractivity contribution in [3.63, 3.8) is 0 Å². The van der Waals surface area contributed by atoms with Gasteiger partial charge in [0.1, 0.15) is 5.82 Å². The van der Waals surface area contributed by atoms with Crippen molar-refractivity contribution in [1.82, 2.24) is 10.6 Å². The van der Waals surface area contributed by atoms with E-state index in [0.29, 0.717) is 0 Å². The van der Waals surface area contributed by atoms with Gasteiger partial charge in [-0.1, -0.05) is 50.5 Å². The van der Waals surface area contributed by atoms with Crippen molar-refractivity contribution in [3.05, 3.63) is 41.7 Å². The average molecular weight is 322 g/mol. The van der Waals surface area contributed by atoms with Crippen LogP contribution in [0.4, 0.5) is 4.39 Å². The molecule has 0 saturated heterocycles. The van der Waals surface area contributed by atoms with Crippen LogP contribution in [0.2, 0.25) is 0 Å². The normalized spacial score (nSPS) is 12.3. The minimum Gasteiger partial charge on any atom is -0.363 e. The van der Waals surface area contributed by atoms with Crippen molar-refractivity contribution in [2.45, 2.75) is 52.0 Å². The molecule has 2 N–H and O–H groups in total. The Hall–Kier alpha value is -1.42. The summed E-state index contributed by atoms with van der Waals surface area (Å²) in [5.74, 6) is -0.206. The Kier molecular flexibility index (Phi) is 9.47. The van der Waals surface area contributed by atoms with Crippen LogP contribution in [0.15, 0.2) is 30.3 Å². The number of hydrogen-bond acceptors (Lipinski definition) is 1. The Labute approximate surface area is 139 Å². The molecule has 0 heterocycles. The lowest BCUT2D eigenvalue weighted by Crippen LogP contribution is -2.40. The Morgan fingerprint density at radius 1 is 1.23 bits per heavy atom. The molecule has 0 radical (unpaired) electrons. The van der Waals surface area contributed by atoms with Crippen molar-refractivity contribution >= 4 is 23.4 Å². The van der Waals surface area contributed by atoms with E-state index in [1.54, 1.807) is 12.1 Å². The summed E-state index contributed by atoms with van der Waals surface area (Å²) in [6.07, 6.45) is 9.89. The second kappa shape index (κ2) is 11.2. The summed E-state index contributed by atoms with van der Waals surface area (Å²) in [5, 5.41) is 7.24. The first-order valence-corrected chi connectivity index (χ1v) is 8.49. The van der Waals surface area contributed by atoms with Gasteiger partial charge >= 0.3 is 0 Å². The van der Waals surface area contributed by atoms with Gasteiger partial charge in [0.15, 0.2) is 5.11 Å². The predicted octanol–water partition coefficient (Wildman–Crippen LogP) is 4.66. The summed E-state index contributed by atoms with van der Waals surface area (Å²) >= 11 is 5.28. The molecule has 22 heavy (non-hydrogen) atoms. The highest BCUT2D eigenvalue weighted by molar-refractivity contribution is 7.80. The number of thiocarbonyl (C=S) groups is 1. The van der Waals surface area contributed by atoms with E-state index >= 15 is 0 Å². The minimum absolute atomic E-state index is 0.206. The average Bonchev–Trinajstić information content (AvgIpc) is 2.49. The Morgan fingerprint density at radius 2 is 1.95 bits per heavy atom. The molecule has 0 saturated carbocycles. The summed E-state index contributed by atoms with van der Waals surface area (Å²) in [4.78, 5) is 0. The fourth-order valence-corrected chi connectivity index (χ4v) is 2.37. The van der Waals surface area contributed by atoms with Gasteiger partial charge in [0, 0.05) is 12.6 Å². The summed E-state index contributed by atoms with van der Waals surface area (Å²) < 4.78 is 12.8. The van der Waals surface area contributed by atoms with Gasteiger partial charge < -0.3 is 10.6 Å². The third kappa shape index (κ3) is 8.78. The van der Waals surface area contributed by atoms with Crippen molar-refractivity contribution in [2.75, 3.05) is 6.54 Å². The van der Waals surface area contributed by atoms with Gasteiger partial charge in [-0.2, -0.15) is 0 Å². The molecular weight excluding hydrogens is 295 g/mol. The lowest BCUT2D eigenvalue weighted by molar-refractivity contribution is 0.627. The second-order valence-corrected chi connectivity index (χ2v) is 5.96. The van der Waals surface area contributed by atoms with Gasteiger partial charge in [-0.05, 0) is 49.7 Å². The lowest BCUT2D eigenvalue weighted by Gasteiger charge is -2.15. The fourth-order valence-electron chi connectivity index (χ4n) is 2.07. The van der Waals surface area contributed by atoms with E-state index in [4.69, 9.17) is 12.2 Å². The molecule has 0 aromatic heterocycles. The summed E-state index contributed by atoms with van der Waals surface area (Å²) in [5.41, 5.74) is 1.00. The van der Waals surface area contributed by atoms with Gasteiger partial charge in [0.05, 0.1) is 0 Å². The maximum atomic E-state index is 12.8. The molecule has 4 heteroatoms. The largest absolute Gasteiger partial charge is 0.363 e. The van der Waals surface area contributed by atoms with E-state index in [1.807, 2.05) is 6.08 Å². The van der Waals surface area contributed by atoms with Gasteiger partial charge in [0.25, 0.3) is 0 Å². The molecule has 0 spiro atoms. The maximum Gasteiger partial charge on any atom is 0.166 e. The van der Waals surface area contributed by atoms with E-state index in [0.717, 1.165) is 30.1 Å². The number of hydrogen-bond donors (Lipinski definition) is 2. The number of benzene rings is 1. The second-order valence-electron chi connectivity index (χ2n) is 5.55. The van der Waals surface area contributed by atoms with E-state index in [-0.39, 0.29) is 11.9 Å². The van der Waals surface area contributed by atoms with E-state index in [9.17, 15) is 4.39 Å². The lowest BCUT2D eigenvalue weighted by atomic mass is 10.1. The van der Waals surface area contributed by atoms with Gasteiger partial charge in [-0.3, -0.25) is 0 Å². The van der Waals surface area contributed by atoms with Crippen LogP contribution >= 0.6 is 12.2 Å². The molecular formula is C18H27FN2S. The molecule has 0 fully saturated rings. The standard InChI is InChI=1S/C18H27FN2S/c1-3-4-5-6-14-20-18(22)21-15(2)8-7-9-16-10-12-17(19)13-11-16/h7,9-13,15H,3-6,8,14H2,1-2H3,(H2,20,21,22). The smallest absolute Gasteiger partial charge is 0.166 e. The molecule has 122 valence electrons. The zero-order valence-electron chi connectivity index (χ0n) is 13.6. The maximum absolute atomic E-state index is 12.8. The monoisotopic (exact) mass is 322 g/mol. The van der Waals surface area contributed by atoms with E-state index in [2.05, 4.69) is 30.6 Å². The highest BCUT2D eigenvalue weighted by atomic mass is 32.1. The fraction of sp³-hybridized carbons (Fsp3) is 0.500. The Morgan fingerprint density at radius 3 is 2.64 bits per heavy atom. The van der Waals surface area contributed by atoms with Crippen LogP contribution < -0.4 is 10.6 Å². The molecule has 1 rings (SSSR count). The first kappa shape index (κ1) is 18.6. The number of unbranched alkanes of at least 4 members (excludes halogenated alkanes) is 3. The molecule has 2 nitrogen and oxygen atoms in total. The SMILES string of the molecule is CCCCCCNC(=S)NC(C)CC=Cc1ccc(F)cc1. The van der Waals surface area contributed by atoms with E-state index < -0.39 is 0 Å². The van der Waals surface area contributed by atoms with Gasteiger partial charge in [0.2, 0.25) is 0 Å². The zero-order valence-corrected chi connectivity index (χ0v) is 14.4. The topological polar surface area (TPSA) is 24.1 Å². The molecule has 1 atom stereocenters. The van der Waals surface area contributed by atoms with Crippen LogP contribution in [0.5, 0.6) is 0 Å². The van der Waals surface area contributed by atoms with Crippen LogP contribution in [-0.2, 0) is 0 Å². The first-order valence-electron chi connectivity index (χ1n) is 8.08. The molecule has 0 aliphatic heterocycles. The molecule has 1 unspecified atom stereocenters. The Balaban J connectivity index is 2.18. The molecule has 1 aromatic rings. The first-order chi connectivity index (χ1) is 10.6. The molecule has 0 amide bonds. The summed E-state index contributed by atoms with van der Waals surface area (Å²) in [6, 6.07) is 6.75. The molecule has 1 aromatic carbocycles. The van der Waals surface area contributed by atoms with Crippen LogP contribution in [0.1, 0.15) is 51.5 Å². The Bertz CT molecular complexity index is 457. The van der Waals surface area contributed by atoms with Crippen molar-refractivity contribution in [1.29, 1.82) is 0 Å². The van der Waals surface area contributed by atoms with Crippen molar-refractivity contribution in [2.24, 2.45) is 0 Å². The minimum atomic E-state index is -0.206. The van der Waals surface area contributed by atoms with Crippen molar-refractivity contribution in [3.8, 4) is 0 Å². The molecule has 0 bridgehead atoms. The number of nitrogens with one attached hydrogen (secondary N) is 2. The summed E-state index contributed by atoms with van der Waals surface area (Å²) in [7, 11) is 0. The summed E-state index contributed by atoms with van der Waals surface area (Å²) in [6.45, 7) is 5.24. The number of halogens is 1. The third-order valence-electron chi connectivity index (χ3n) is 3.36. The van der Waals surface area contributed by atoms with Crippen LogP contribution in [0.25, 0.3) is 6.08 Å². The van der Waals surface area contributed by atoms with Crippen molar-refractivity contribution < 1.29 is 4.39 Å². The number of rotatable bonds is 9. The predicted molar refractivity (Wildman–Crippen MR) is 97.4 cm³/mol. The molecule has 0 aliphatic rings. The highest BCUT2D eigenvalue weighted by Gasteiger charge is 2.01. The van der Waals surface area contributed by atoms with Crippen LogP contribution in [0, 0.1) is 5.82 Å².